The van der Waals surface area contributed by atoms with Gasteiger partial charge in [-0.2, -0.15) is 12.6 Å². The van der Waals surface area contributed by atoms with Crippen LogP contribution < -0.4 is 5.73 Å². The van der Waals surface area contributed by atoms with E-state index in [-0.39, 0.29) is 12.1 Å². The number of thiol groups is 1. The van der Waals surface area contributed by atoms with Crippen molar-refractivity contribution in [3.63, 3.8) is 0 Å². The molecule has 0 aromatic heterocycles. The Labute approximate surface area is 98.2 Å². The van der Waals surface area contributed by atoms with Gasteiger partial charge in [-0.05, 0) is 19.8 Å². The molecule has 0 spiro atoms. The molecular formula is C11H23NO2S. The molecule has 4 heteroatoms. The van der Waals surface area contributed by atoms with Crippen molar-refractivity contribution in [1.29, 1.82) is 0 Å². The van der Waals surface area contributed by atoms with E-state index >= 15 is 0 Å². The van der Waals surface area contributed by atoms with Crippen LogP contribution in [0, 0.1) is 0 Å². The molecule has 15 heavy (non-hydrogen) atoms. The van der Waals surface area contributed by atoms with Crippen LogP contribution in [0.15, 0.2) is 0 Å². The summed E-state index contributed by atoms with van der Waals surface area (Å²) in [5, 5.41) is 0. The van der Waals surface area contributed by atoms with Gasteiger partial charge in [0, 0.05) is 5.75 Å². The molecule has 0 bridgehead atoms. The van der Waals surface area contributed by atoms with Gasteiger partial charge >= 0.3 is 5.97 Å². The van der Waals surface area contributed by atoms with Crippen molar-refractivity contribution in [1.82, 2.24) is 0 Å². The predicted molar refractivity (Wildman–Crippen MR) is 66.1 cm³/mol. The number of carbonyl (C=O) groups excluding carboxylic acids is 1. The van der Waals surface area contributed by atoms with Gasteiger partial charge in [0.25, 0.3) is 0 Å². The number of unbranched alkanes of at least 4 members (excludes halogenated alkanes) is 3. The first-order valence-electron chi connectivity index (χ1n) is 5.68. The lowest BCUT2D eigenvalue weighted by Crippen LogP contribution is -2.35. The van der Waals surface area contributed by atoms with Gasteiger partial charge in [-0.15, -0.1) is 0 Å². The quantitative estimate of drug-likeness (QED) is 0.384. The normalized spacial score (nSPS) is 14.7. The summed E-state index contributed by atoms with van der Waals surface area (Å²) < 4.78 is 5.17. The number of hydrogen-bond donors (Lipinski definition) is 2. The highest BCUT2D eigenvalue weighted by molar-refractivity contribution is 7.80. The van der Waals surface area contributed by atoms with Crippen molar-refractivity contribution >= 4 is 18.6 Å². The molecule has 0 aliphatic carbocycles. The fourth-order valence-electron chi connectivity index (χ4n) is 1.28. The SMILES string of the molecule is CCCCCCC(C)OC(=O)[C@@H](N)CS. The first-order chi connectivity index (χ1) is 7.11. The predicted octanol–water partition coefficient (Wildman–Crippen LogP) is 2.15. The first kappa shape index (κ1) is 14.8. The average Bonchev–Trinajstić information content (AvgIpc) is 2.23. The molecular weight excluding hydrogens is 210 g/mol. The van der Waals surface area contributed by atoms with Crippen LogP contribution in [-0.4, -0.2) is 23.9 Å². The van der Waals surface area contributed by atoms with Crippen LogP contribution in [0.5, 0.6) is 0 Å². The highest BCUT2D eigenvalue weighted by atomic mass is 32.1. The van der Waals surface area contributed by atoms with E-state index in [0.29, 0.717) is 5.75 Å². The summed E-state index contributed by atoms with van der Waals surface area (Å²) in [6, 6.07) is -0.591. The Bertz CT molecular complexity index is 176. The molecule has 3 nitrogen and oxygen atoms in total. The summed E-state index contributed by atoms with van der Waals surface area (Å²) >= 11 is 3.95. The first-order valence-corrected chi connectivity index (χ1v) is 6.32. The second kappa shape index (κ2) is 9.04. The third-order valence-corrected chi connectivity index (χ3v) is 2.67. The summed E-state index contributed by atoms with van der Waals surface area (Å²) in [6.07, 6.45) is 5.68. The highest BCUT2D eigenvalue weighted by Crippen LogP contribution is 2.08. The van der Waals surface area contributed by atoms with Crippen LogP contribution in [0.4, 0.5) is 0 Å². The van der Waals surface area contributed by atoms with Crippen LogP contribution in [0.25, 0.3) is 0 Å². The Morgan fingerprint density at radius 3 is 2.60 bits per heavy atom. The Kier molecular flexibility index (Phi) is 8.91. The number of ether oxygens (including phenoxy) is 1. The maximum atomic E-state index is 11.3. The van der Waals surface area contributed by atoms with Gasteiger partial charge < -0.3 is 10.5 Å². The molecule has 0 aromatic carbocycles. The molecule has 2 atom stereocenters. The number of hydrogen-bond acceptors (Lipinski definition) is 4. The molecule has 0 heterocycles. The second-order valence-electron chi connectivity index (χ2n) is 3.89. The monoisotopic (exact) mass is 233 g/mol. The van der Waals surface area contributed by atoms with Gasteiger partial charge in [0.15, 0.2) is 0 Å². The molecule has 0 radical (unpaired) electrons. The Balaban J connectivity index is 3.55. The number of esters is 1. The fourth-order valence-corrected chi connectivity index (χ4v) is 1.43. The minimum absolute atomic E-state index is 0.0275. The van der Waals surface area contributed by atoms with Crippen molar-refractivity contribution < 1.29 is 9.53 Å². The zero-order chi connectivity index (χ0) is 11.7. The van der Waals surface area contributed by atoms with Gasteiger partial charge in [-0.25, -0.2) is 0 Å². The highest BCUT2D eigenvalue weighted by Gasteiger charge is 2.15. The molecule has 0 aliphatic heterocycles. The van der Waals surface area contributed by atoms with E-state index in [9.17, 15) is 4.79 Å². The van der Waals surface area contributed by atoms with E-state index in [0.717, 1.165) is 12.8 Å². The summed E-state index contributed by atoms with van der Waals surface area (Å²) in [5.74, 6) is -0.00511. The van der Waals surface area contributed by atoms with Crippen LogP contribution in [0.2, 0.25) is 0 Å². The second-order valence-corrected chi connectivity index (χ2v) is 4.25. The van der Waals surface area contributed by atoms with Crippen molar-refractivity contribution in [2.75, 3.05) is 5.75 Å². The molecule has 0 saturated carbocycles. The topological polar surface area (TPSA) is 52.3 Å². The van der Waals surface area contributed by atoms with E-state index in [1.807, 2.05) is 6.92 Å². The largest absolute Gasteiger partial charge is 0.461 e. The number of carbonyl (C=O) groups is 1. The van der Waals surface area contributed by atoms with E-state index in [2.05, 4.69) is 19.6 Å². The minimum atomic E-state index is -0.591. The van der Waals surface area contributed by atoms with E-state index in [4.69, 9.17) is 10.5 Å². The summed E-state index contributed by atoms with van der Waals surface area (Å²) in [5.41, 5.74) is 5.49. The summed E-state index contributed by atoms with van der Waals surface area (Å²) in [7, 11) is 0. The van der Waals surface area contributed by atoms with Crippen LogP contribution >= 0.6 is 12.6 Å². The van der Waals surface area contributed by atoms with Crippen molar-refractivity contribution in [2.45, 2.75) is 58.1 Å². The molecule has 0 rings (SSSR count). The molecule has 90 valence electrons. The lowest BCUT2D eigenvalue weighted by atomic mass is 10.1. The molecule has 1 unspecified atom stereocenters. The van der Waals surface area contributed by atoms with E-state index < -0.39 is 6.04 Å². The fraction of sp³-hybridized carbons (Fsp3) is 0.909. The average molecular weight is 233 g/mol. The van der Waals surface area contributed by atoms with Gasteiger partial charge in [0.1, 0.15) is 6.04 Å². The molecule has 0 aromatic rings. The van der Waals surface area contributed by atoms with Gasteiger partial charge in [0.05, 0.1) is 6.10 Å². The van der Waals surface area contributed by atoms with Crippen LogP contribution in [0.3, 0.4) is 0 Å². The standard InChI is InChI=1S/C11H23NO2S/c1-3-4-5-6-7-9(2)14-11(13)10(12)8-15/h9-10,15H,3-8,12H2,1-2H3/t9?,10-/m0/s1. The Hall–Kier alpha value is -0.220. The number of nitrogens with two attached hydrogens (primary N) is 1. The van der Waals surface area contributed by atoms with Crippen LogP contribution in [0.1, 0.15) is 46.0 Å². The van der Waals surface area contributed by atoms with Crippen molar-refractivity contribution in [3.05, 3.63) is 0 Å². The maximum Gasteiger partial charge on any atom is 0.324 e. The Morgan fingerprint density at radius 1 is 1.40 bits per heavy atom. The third-order valence-electron chi connectivity index (χ3n) is 2.28. The molecule has 0 saturated heterocycles. The van der Waals surface area contributed by atoms with E-state index in [1.54, 1.807) is 0 Å². The van der Waals surface area contributed by atoms with Crippen molar-refractivity contribution in [3.8, 4) is 0 Å². The van der Waals surface area contributed by atoms with Gasteiger partial charge in [-0.3, -0.25) is 4.79 Å². The molecule has 0 aliphatic rings. The lowest BCUT2D eigenvalue weighted by molar-refractivity contribution is -0.149. The zero-order valence-corrected chi connectivity index (χ0v) is 10.6. The maximum absolute atomic E-state index is 11.3. The summed E-state index contributed by atoms with van der Waals surface area (Å²) in [6.45, 7) is 4.09. The minimum Gasteiger partial charge on any atom is -0.461 e. The van der Waals surface area contributed by atoms with Crippen LogP contribution in [-0.2, 0) is 9.53 Å². The molecule has 2 N–H and O–H groups in total. The molecule has 0 amide bonds. The lowest BCUT2D eigenvalue weighted by Gasteiger charge is -2.15. The smallest absolute Gasteiger partial charge is 0.324 e. The van der Waals surface area contributed by atoms with E-state index in [1.165, 1.54) is 19.3 Å². The Morgan fingerprint density at radius 2 is 2.07 bits per heavy atom. The summed E-state index contributed by atoms with van der Waals surface area (Å²) in [4.78, 5) is 11.3. The van der Waals surface area contributed by atoms with Gasteiger partial charge in [-0.1, -0.05) is 26.2 Å². The third kappa shape index (κ3) is 7.68. The zero-order valence-electron chi connectivity index (χ0n) is 9.74. The molecule has 0 fully saturated rings. The van der Waals surface area contributed by atoms with Crippen molar-refractivity contribution in [2.24, 2.45) is 5.73 Å². The van der Waals surface area contributed by atoms with Gasteiger partial charge in [0.2, 0.25) is 0 Å². The number of rotatable bonds is 8.